The largest absolute Gasteiger partial charge is 0.444 e. The molecule has 0 unspecified atom stereocenters. The molecule has 1 rings (SSSR count). The van der Waals surface area contributed by atoms with Gasteiger partial charge in [0.25, 0.3) is 0 Å². The Morgan fingerprint density at radius 3 is 2.52 bits per heavy atom. The first-order valence-electron chi connectivity index (χ1n) is 7.99. The zero-order valence-electron chi connectivity index (χ0n) is 14.9. The van der Waals surface area contributed by atoms with Crippen LogP contribution in [0, 0.1) is 0 Å². The SMILES string of the molecule is CCC(=O)[C@@H]1CCCN(C(=O)OC(C)(C)C)C(C)(C)OC(=O)N1. The number of ketones is 1. The van der Waals surface area contributed by atoms with Crippen molar-refractivity contribution in [1.29, 1.82) is 0 Å². The number of alkyl carbamates (subject to hydrolysis) is 1. The minimum atomic E-state index is -1.17. The molecule has 1 aliphatic heterocycles. The third kappa shape index (κ3) is 5.73. The van der Waals surface area contributed by atoms with E-state index in [1.54, 1.807) is 41.5 Å². The van der Waals surface area contributed by atoms with E-state index in [0.717, 1.165) is 0 Å². The van der Waals surface area contributed by atoms with Crippen LogP contribution >= 0.6 is 0 Å². The topological polar surface area (TPSA) is 84.9 Å². The maximum Gasteiger partial charge on any atom is 0.413 e. The van der Waals surface area contributed by atoms with Gasteiger partial charge in [-0.2, -0.15) is 0 Å². The van der Waals surface area contributed by atoms with Crippen molar-refractivity contribution in [2.24, 2.45) is 0 Å². The smallest absolute Gasteiger partial charge is 0.413 e. The van der Waals surface area contributed by atoms with Gasteiger partial charge in [0.1, 0.15) is 5.60 Å². The highest BCUT2D eigenvalue weighted by Gasteiger charge is 2.39. The number of cyclic esters (lactones) is 1. The van der Waals surface area contributed by atoms with E-state index in [-0.39, 0.29) is 5.78 Å². The molecule has 0 radical (unpaired) electrons. The molecule has 0 spiro atoms. The Balaban J connectivity index is 2.95. The first kappa shape index (κ1) is 19.3. The van der Waals surface area contributed by atoms with Gasteiger partial charge >= 0.3 is 12.2 Å². The molecule has 7 nitrogen and oxygen atoms in total. The maximum absolute atomic E-state index is 12.4. The number of nitrogens with one attached hydrogen (secondary N) is 1. The summed E-state index contributed by atoms with van der Waals surface area (Å²) < 4.78 is 10.7. The van der Waals surface area contributed by atoms with Crippen LogP contribution in [0.15, 0.2) is 0 Å². The Kier molecular flexibility index (Phi) is 6.02. The summed E-state index contributed by atoms with van der Waals surface area (Å²) in [5, 5.41) is 2.58. The van der Waals surface area contributed by atoms with Gasteiger partial charge < -0.3 is 14.8 Å². The summed E-state index contributed by atoms with van der Waals surface area (Å²) in [6.07, 6.45) is 0.0945. The van der Waals surface area contributed by atoms with Gasteiger partial charge in [-0.05, 0) is 47.5 Å². The molecule has 0 aromatic carbocycles. The molecule has 2 amide bonds. The van der Waals surface area contributed by atoms with Crippen molar-refractivity contribution in [3.05, 3.63) is 0 Å². The van der Waals surface area contributed by atoms with Crippen molar-refractivity contribution in [1.82, 2.24) is 10.2 Å². The Labute approximate surface area is 137 Å². The number of nitrogens with zero attached hydrogens (tertiary/aromatic N) is 1. The van der Waals surface area contributed by atoms with E-state index < -0.39 is 29.6 Å². The average molecular weight is 328 g/mol. The number of amides is 2. The summed E-state index contributed by atoms with van der Waals surface area (Å²) in [5.74, 6) is -0.0505. The molecule has 1 heterocycles. The van der Waals surface area contributed by atoms with Gasteiger partial charge in [0.15, 0.2) is 11.5 Å². The Morgan fingerprint density at radius 1 is 1.39 bits per heavy atom. The molecule has 132 valence electrons. The minimum absolute atomic E-state index is 0.0505. The standard InChI is InChI=1S/C16H28N2O5/c1-7-12(19)11-9-8-10-18(14(21)23-15(2,3)4)16(5,6)22-13(20)17-11/h11H,7-10H2,1-6H3,(H,17,20)/t11-/m0/s1. The van der Waals surface area contributed by atoms with E-state index in [4.69, 9.17) is 9.47 Å². The number of carbonyl (C=O) groups excluding carboxylic acids is 3. The zero-order valence-corrected chi connectivity index (χ0v) is 14.9. The summed E-state index contributed by atoms with van der Waals surface area (Å²) in [4.78, 5) is 37.7. The highest BCUT2D eigenvalue weighted by Crippen LogP contribution is 2.23. The number of hydrogen-bond acceptors (Lipinski definition) is 5. The van der Waals surface area contributed by atoms with E-state index in [1.165, 1.54) is 4.90 Å². The highest BCUT2D eigenvalue weighted by atomic mass is 16.6. The van der Waals surface area contributed by atoms with E-state index in [0.29, 0.717) is 25.8 Å². The molecule has 23 heavy (non-hydrogen) atoms. The summed E-state index contributed by atoms with van der Waals surface area (Å²) >= 11 is 0. The molecule has 1 fully saturated rings. The van der Waals surface area contributed by atoms with Crippen molar-refractivity contribution in [3.8, 4) is 0 Å². The summed E-state index contributed by atoms with van der Waals surface area (Å²) in [7, 11) is 0. The number of ether oxygens (including phenoxy) is 2. The number of hydrogen-bond donors (Lipinski definition) is 1. The van der Waals surface area contributed by atoms with E-state index in [1.807, 2.05) is 0 Å². The third-order valence-electron chi connectivity index (χ3n) is 3.51. The molecule has 0 bridgehead atoms. The number of carbonyl (C=O) groups is 3. The van der Waals surface area contributed by atoms with Crippen LogP contribution in [0.25, 0.3) is 0 Å². The lowest BCUT2D eigenvalue weighted by molar-refractivity contribution is -0.121. The fourth-order valence-electron chi connectivity index (χ4n) is 2.36. The van der Waals surface area contributed by atoms with Crippen molar-refractivity contribution in [3.63, 3.8) is 0 Å². The quantitative estimate of drug-likeness (QED) is 0.842. The Morgan fingerprint density at radius 2 is 2.00 bits per heavy atom. The summed E-state index contributed by atoms with van der Waals surface area (Å²) in [6, 6.07) is -0.582. The van der Waals surface area contributed by atoms with Gasteiger partial charge in [-0.3, -0.25) is 9.69 Å². The molecule has 1 aliphatic rings. The first-order valence-corrected chi connectivity index (χ1v) is 7.99. The van der Waals surface area contributed by atoms with Crippen molar-refractivity contribution in [2.75, 3.05) is 6.54 Å². The van der Waals surface area contributed by atoms with Crippen molar-refractivity contribution < 1.29 is 23.9 Å². The van der Waals surface area contributed by atoms with Gasteiger partial charge in [-0.25, -0.2) is 9.59 Å². The molecule has 1 N–H and O–H groups in total. The average Bonchev–Trinajstić information content (AvgIpc) is 2.42. The van der Waals surface area contributed by atoms with Gasteiger partial charge in [-0.1, -0.05) is 6.92 Å². The van der Waals surface area contributed by atoms with Crippen LogP contribution in [-0.4, -0.2) is 46.8 Å². The first-order chi connectivity index (χ1) is 10.5. The van der Waals surface area contributed by atoms with Crippen LogP contribution < -0.4 is 5.32 Å². The van der Waals surface area contributed by atoms with E-state index in [2.05, 4.69) is 5.32 Å². The minimum Gasteiger partial charge on any atom is -0.444 e. The lowest BCUT2D eigenvalue weighted by atomic mass is 10.0. The Hall–Kier alpha value is -1.79. The van der Waals surface area contributed by atoms with E-state index >= 15 is 0 Å². The molecule has 1 atom stereocenters. The fraction of sp³-hybridized carbons (Fsp3) is 0.812. The van der Waals surface area contributed by atoms with Crippen LogP contribution in [0.1, 0.15) is 60.8 Å². The predicted molar refractivity (Wildman–Crippen MR) is 85.0 cm³/mol. The fourth-order valence-corrected chi connectivity index (χ4v) is 2.36. The third-order valence-corrected chi connectivity index (χ3v) is 3.51. The number of rotatable bonds is 2. The molecule has 0 aromatic heterocycles. The normalized spacial score (nSPS) is 22.1. The van der Waals surface area contributed by atoms with Crippen molar-refractivity contribution in [2.45, 2.75) is 78.2 Å². The molecule has 0 aliphatic carbocycles. The van der Waals surface area contributed by atoms with Gasteiger partial charge in [0, 0.05) is 13.0 Å². The van der Waals surface area contributed by atoms with Crippen LogP contribution in [0.3, 0.4) is 0 Å². The lowest BCUT2D eigenvalue weighted by Crippen LogP contribution is -2.53. The second-order valence-corrected chi connectivity index (χ2v) is 7.13. The van der Waals surface area contributed by atoms with E-state index in [9.17, 15) is 14.4 Å². The second-order valence-electron chi connectivity index (χ2n) is 7.13. The van der Waals surface area contributed by atoms with Gasteiger partial charge in [0.05, 0.1) is 6.04 Å². The molecule has 0 saturated carbocycles. The van der Waals surface area contributed by atoms with Crippen LogP contribution in [0.4, 0.5) is 9.59 Å². The van der Waals surface area contributed by atoms with Gasteiger partial charge in [-0.15, -0.1) is 0 Å². The molecule has 7 heteroatoms. The monoisotopic (exact) mass is 328 g/mol. The van der Waals surface area contributed by atoms with Crippen LogP contribution in [0.5, 0.6) is 0 Å². The van der Waals surface area contributed by atoms with Crippen LogP contribution in [0.2, 0.25) is 0 Å². The summed E-state index contributed by atoms with van der Waals surface area (Å²) in [5.41, 5.74) is -1.81. The number of Topliss-reactive ketones (excluding diaryl/α,β-unsaturated/α-hetero) is 1. The second kappa shape index (κ2) is 7.19. The molecular formula is C16H28N2O5. The highest BCUT2D eigenvalue weighted by molar-refractivity contribution is 5.87. The van der Waals surface area contributed by atoms with Crippen molar-refractivity contribution >= 4 is 18.0 Å². The summed E-state index contributed by atoms with van der Waals surface area (Å²) in [6.45, 7) is 10.7. The molecular weight excluding hydrogens is 300 g/mol. The van der Waals surface area contributed by atoms with Gasteiger partial charge in [0.2, 0.25) is 0 Å². The predicted octanol–water partition coefficient (Wildman–Crippen LogP) is 2.83. The molecule has 0 aromatic rings. The maximum atomic E-state index is 12.4. The zero-order chi connectivity index (χ0) is 17.8. The lowest BCUT2D eigenvalue weighted by Gasteiger charge is -2.37. The Bertz CT molecular complexity index is 468. The van der Waals surface area contributed by atoms with Crippen LogP contribution in [-0.2, 0) is 14.3 Å². The molecule has 1 saturated heterocycles.